The summed E-state index contributed by atoms with van der Waals surface area (Å²) in [4.78, 5) is 12.8. The standard InChI is InChI=1S/C16H13ClO4/c1-19-13-6-5-10(17)9-12(13)15(18)11-3-2-4-14-16(11)21-8-7-20-14/h2-6,9H,7-8H2,1H3. The van der Waals surface area contributed by atoms with Gasteiger partial charge in [0.05, 0.1) is 18.2 Å². The van der Waals surface area contributed by atoms with Gasteiger partial charge in [0.15, 0.2) is 11.5 Å². The number of carbonyl (C=O) groups is 1. The van der Waals surface area contributed by atoms with Crippen molar-refractivity contribution in [2.45, 2.75) is 0 Å². The highest BCUT2D eigenvalue weighted by atomic mass is 35.5. The number of rotatable bonds is 3. The Hall–Kier alpha value is -2.20. The lowest BCUT2D eigenvalue weighted by Crippen LogP contribution is -2.18. The molecule has 0 radical (unpaired) electrons. The van der Waals surface area contributed by atoms with Crippen LogP contribution in [0.5, 0.6) is 17.2 Å². The van der Waals surface area contributed by atoms with Crippen molar-refractivity contribution in [2.75, 3.05) is 20.3 Å². The molecule has 0 aliphatic carbocycles. The van der Waals surface area contributed by atoms with E-state index in [4.69, 9.17) is 25.8 Å². The minimum atomic E-state index is -0.211. The Morgan fingerprint density at radius 1 is 1.14 bits per heavy atom. The summed E-state index contributed by atoms with van der Waals surface area (Å²) in [6, 6.07) is 10.2. The summed E-state index contributed by atoms with van der Waals surface area (Å²) >= 11 is 5.99. The van der Waals surface area contributed by atoms with E-state index in [9.17, 15) is 4.79 Å². The zero-order chi connectivity index (χ0) is 14.8. The number of carbonyl (C=O) groups excluding carboxylic acids is 1. The van der Waals surface area contributed by atoms with Gasteiger partial charge in [0, 0.05) is 5.02 Å². The molecule has 0 amide bonds. The van der Waals surface area contributed by atoms with Crippen LogP contribution in [0, 0.1) is 0 Å². The molecule has 0 aromatic heterocycles. The number of methoxy groups -OCH3 is 1. The second-order valence-electron chi connectivity index (χ2n) is 4.50. The fraction of sp³-hybridized carbons (Fsp3) is 0.188. The first-order valence-electron chi connectivity index (χ1n) is 6.47. The molecule has 0 atom stereocenters. The summed E-state index contributed by atoms with van der Waals surface area (Å²) in [5.74, 6) is 1.30. The van der Waals surface area contributed by atoms with E-state index in [0.717, 1.165) is 0 Å². The lowest BCUT2D eigenvalue weighted by atomic mass is 10.0. The van der Waals surface area contributed by atoms with Crippen molar-refractivity contribution in [1.82, 2.24) is 0 Å². The van der Waals surface area contributed by atoms with E-state index < -0.39 is 0 Å². The van der Waals surface area contributed by atoms with E-state index >= 15 is 0 Å². The van der Waals surface area contributed by atoms with Crippen LogP contribution in [0.1, 0.15) is 15.9 Å². The van der Waals surface area contributed by atoms with Crippen molar-refractivity contribution in [1.29, 1.82) is 0 Å². The molecule has 0 spiro atoms. The number of halogens is 1. The van der Waals surface area contributed by atoms with Gasteiger partial charge in [-0.05, 0) is 30.3 Å². The molecule has 5 heteroatoms. The average molecular weight is 305 g/mol. The maximum absolute atomic E-state index is 12.8. The van der Waals surface area contributed by atoms with E-state index in [1.165, 1.54) is 7.11 Å². The van der Waals surface area contributed by atoms with Gasteiger partial charge in [-0.3, -0.25) is 4.79 Å². The van der Waals surface area contributed by atoms with Gasteiger partial charge in [-0.2, -0.15) is 0 Å². The van der Waals surface area contributed by atoms with E-state index in [2.05, 4.69) is 0 Å². The van der Waals surface area contributed by atoms with Gasteiger partial charge < -0.3 is 14.2 Å². The van der Waals surface area contributed by atoms with Crippen molar-refractivity contribution in [3.05, 3.63) is 52.5 Å². The molecule has 0 saturated heterocycles. The Kier molecular flexibility index (Phi) is 3.71. The molecule has 3 rings (SSSR count). The fourth-order valence-electron chi connectivity index (χ4n) is 2.26. The minimum Gasteiger partial charge on any atom is -0.496 e. The smallest absolute Gasteiger partial charge is 0.200 e. The number of para-hydroxylation sites is 1. The maximum atomic E-state index is 12.8. The summed E-state index contributed by atoms with van der Waals surface area (Å²) in [5.41, 5.74) is 0.834. The molecular weight excluding hydrogens is 292 g/mol. The Bertz CT molecular complexity index is 697. The number of benzene rings is 2. The van der Waals surface area contributed by atoms with Gasteiger partial charge in [0.25, 0.3) is 0 Å². The van der Waals surface area contributed by atoms with Gasteiger partial charge >= 0.3 is 0 Å². The Balaban J connectivity index is 2.09. The molecule has 21 heavy (non-hydrogen) atoms. The van der Waals surface area contributed by atoms with Crippen LogP contribution >= 0.6 is 11.6 Å². The molecule has 1 aliphatic rings. The van der Waals surface area contributed by atoms with Crippen LogP contribution < -0.4 is 14.2 Å². The first kappa shape index (κ1) is 13.8. The Morgan fingerprint density at radius 3 is 2.76 bits per heavy atom. The number of ether oxygens (including phenoxy) is 3. The third-order valence-corrected chi connectivity index (χ3v) is 3.45. The molecule has 0 saturated carbocycles. The predicted molar refractivity (Wildman–Crippen MR) is 78.9 cm³/mol. The van der Waals surface area contributed by atoms with Crippen LogP contribution in [-0.2, 0) is 0 Å². The van der Waals surface area contributed by atoms with Crippen LogP contribution in [0.25, 0.3) is 0 Å². The van der Waals surface area contributed by atoms with Gasteiger partial charge in [-0.15, -0.1) is 0 Å². The molecular formula is C16H13ClO4. The molecule has 0 bridgehead atoms. The van der Waals surface area contributed by atoms with Crippen molar-refractivity contribution in [2.24, 2.45) is 0 Å². The van der Waals surface area contributed by atoms with Crippen molar-refractivity contribution in [3.63, 3.8) is 0 Å². The second-order valence-corrected chi connectivity index (χ2v) is 4.94. The van der Waals surface area contributed by atoms with E-state index in [-0.39, 0.29) is 5.78 Å². The second kappa shape index (κ2) is 5.66. The van der Waals surface area contributed by atoms with E-state index in [1.807, 2.05) is 0 Å². The fourth-order valence-corrected chi connectivity index (χ4v) is 2.43. The molecule has 4 nitrogen and oxygen atoms in total. The molecule has 0 N–H and O–H groups in total. The number of fused-ring (bicyclic) bond motifs is 1. The molecule has 1 heterocycles. The normalized spacial score (nSPS) is 12.9. The SMILES string of the molecule is COc1ccc(Cl)cc1C(=O)c1cccc2c1OCCO2. The maximum Gasteiger partial charge on any atom is 0.200 e. The summed E-state index contributed by atoms with van der Waals surface area (Å²) in [6.07, 6.45) is 0. The third kappa shape index (κ3) is 2.54. The van der Waals surface area contributed by atoms with Gasteiger partial charge in [-0.1, -0.05) is 17.7 Å². The highest BCUT2D eigenvalue weighted by Crippen LogP contribution is 2.36. The lowest BCUT2D eigenvalue weighted by Gasteiger charge is -2.20. The van der Waals surface area contributed by atoms with Crippen molar-refractivity contribution >= 4 is 17.4 Å². The number of hydrogen-bond acceptors (Lipinski definition) is 4. The highest BCUT2D eigenvalue weighted by molar-refractivity contribution is 6.31. The molecule has 108 valence electrons. The first-order chi connectivity index (χ1) is 10.2. The average Bonchev–Trinajstić information content (AvgIpc) is 2.53. The zero-order valence-electron chi connectivity index (χ0n) is 11.4. The quantitative estimate of drug-likeness (QED) is 0.816. The largest absolute Gasteiger partial charge is 0.496 e. The highest BCUT2D eigenvalue weighted by Gasteiger charge is 2.23. The van der Waals surface area contributed by atoms with Crippen LogP contribution in [0.3, 0.4) is 0 Å². The molecule has 0 fully saturated rings. The minimum absolute atomic E-state index is 0.211. The van der Waals surface area contributed by atoms with Gasteiger partial charge in [-0.25, -0.2) is 0 Å². The molecule has 0 unspecified atom stereocenters. The summed E-state index contributed by atoms with van der Waals surface area (Å²) in [6.45, 7) is 0.898. The molecule has 1 aliphatic heterocycles. The van der Waals surface area contributed by atoms with Crippen LogP contribution in [0.2, 0.25) is 5.02 Å². The molecule has 2 aromatic rings. The van der Waals surface area contributed by atoms with Crippen LogP contribution in [0.15, 0.2) is 36.4 Å². The first-order valence-corrected chi connectivity index (χ1v) is 6.85. The summed E-state index contributed by atoms with van der Waals surface area (Å²) in [5, 5.41) is 0.473. The summed E-state index contributed by atoms with van der Waals surface area (Å²) < 4.78 is 16.3. The van der Waals surface area contributed by atoms with Crippen LogP contribution in [0.4, 0.5) is 0 Å². The topological polar surface area (TPSA) is 44.8 Å². The van der Waals surface area contributed by atoms with E-state index in [1.54, 1.807) is 36.4 Å². The van der Waals surface area contributed by atoms with Gasteiger partial charge in [0.2, 0.25) is 5.78 Å². The molecule has 2 aromatic carbocycles. The Labute approximate surface area is 127 Å². The number of hydrogen-bond donors (Lipinski definition) is 0. The zero-order valence-corrected chi connectivity index (χ0v) is 12.1. The Morgan fingerprint density at radius 2 is 1.95 bits per heavy atom. The monoisotopic (exact) mass is 304 g/mol. The van der Waals surface area contributed by atoms with Crippen molar-refractivity contribution < 1.29 is 19.0 Å². The van der Waals surface area contributed by atoms with Gasteiger partial charge in [0.1, 0.15) is 19.0 Å². The summed E-state index contributed by atoms with van der Waals surface area (Å²) in [7, 11) is 1.51. The van der Waals surface area contributed by atoms with Crippen molar-refractivity contribution in [3.8, 4) is 17.2 Å². The predicted octanol–water partition coefficient (Wildman–Crippen LogP) is 3.35. The van der Waals surface area contributed by atoms with Crippen LogP contribution in [-0.4, -0.2) is 26.1 Å². The van der Waals surface area contributed by atoms with E-state index in [0.29, 0.717) is 46.6 Å². The third-order valence-electron chi connectivity index (χ3n) is 3.22. The lowest BCUT2D eigenvalue weighted by molar-refractivity contribution is 0.102. The number of ketones is 1.